The van der Waals surface area contributed by atoms with Crippen molar-refractivity contribution >= 4 is 110 Å². The largest absolute Gasteiger partial charge is 0.454 e. The molecule has 0 aliphatic carbocycles. The average Bonchev–Trinajstić information content (AvgIpc) is 4.14. The lowest BCUT2D eigenvalue weighted by atomic mass is 9.87. The lowest BCUT2D eigenvalue weighted by Gasteiger charge is -2.29. The maximum Gasteiger partial charge on any atom is 0.159 e. The third-order valence-electron chi connectivity index (χ3n) is 15.6. The average molecular weight is 1010 g/mol. The summed E-state index contributed by atoms with van der Waals surface area (Å²) in [4.78, 5) is 4.87. The van der Waals surface area contributed by atoms with Crippen LogP contribution < -0.4 is 9.80 Å². The second-order valence-electron chi connectivity index (χ2n) is 23.7. The van der Waals surface area contributed by atoms with Crippen LogP contribution in [0.3, 0.4) is 0 Å². The van der Waals surface area contributed by atoms with E-state index >= 15 is 0 Å². The highest BCUT2D eigenvalue weighted by Gasteiger charge is 2.28. The van der Waals surface area contributed by atoms with Crippen LogP contribution in [-0.2, 0) is 12.8 Å². The molecule has 0 unspecified atom stereocenters. The van der Waals surface area contributed by atoms with Crippen LogP contribution in [0, 0.1) is 10.8 Å². The molecule has 0 atom stereocenters. The van der Waals surface area contributed by atoms with Crippen LogP contribution in [0.25, 0.3) is 98.4 Å². The zero-order valence-corrected chi connectivity index (χ0v) is 45.1. The van der Waals surface area contributed by atoms with Gasteiger partial charge in [-0.05, 0) is 127 Å². The van der Waals surface area contributed by atoms with Crippen molar-refractivity contribution in [3.8, 4) is 22.3 Å². The van der Waals surface area contributed by atoms with E-state index in [0.717, 1.165) is 113 Å². The molecule has 0 saturated heterocycles. The first-order chi connectivity index (χ1) is 37.9. The topological polar surface area (TPSA) is 32.8 Å². The van der Waals surface area contributed by atoms with Crippen LogP contribution in [0.15, 0.2) is 239 Å². The molecule has 0 fully saturated rings. The Labute approximate surface area is 455 Å². The van der Waals surface area contributed by atoms with Crippen molar-refractivity contribution in [2.45, 2.75) is 54.4 Å². The van der Waals surface area contributed by atoms with Gasteiger partial charge in [0.15, 0.2) is 11.2 Å². The number of anilines is 6. The van der Waals surface area contributed by atoms with Gasteiger partial charge in [-0.3, -0.25) is 0 Å². The Kier molecular flexibility index (Phi) is 11.1. The van der Waals surface area contributed by atoms with Gasteiger partial charge in [0.1, 0.15) is 11.2 Å². The monoisotopic (exact) mass is 1010 g/mol. The molecule has 0 aliphatic rings. The Hall–Kier alpha value is -9.12. The maximum atomic E-state index is 7.21. The SMILES string of the molecule is CC(C)(C)Cc1cccc2c1oc1c(N(c3cccc(-c4ccccc4)c3)c3ccc4ccc5c(N(c6cccc(-c7ccccc7)c6)c6cccc7c6oc6c(CC(C)(C)C)cccc67)ccc6ccc3c4c65)cccc12. The standard InChI is InChI=1S/C74H60N2O2/c1-73(2,3)45-53-25-15-29-57-59-31-17-33-65(71(59)77-69(53)57)75(55-27-13-23-51(43-55)47-19-9-7-10-20-47)63-41-37-49-36-40-62-64(42-38-50-35-39-61(63)67(49)68(50)62)76(56-28-14-24-52(44-56)48-21-11-8-12-22-48)66-34-18-32-60-58-30-16-26-54(46-74(4,5)6)70(58)78-72(60)66/h7-44H,45-46H2,1-6H3. The Morgan fingerprint density at radius 1 is 0.295 bits per heavy atom. The van der Waals surface area contributed by atoms with Gasteiger partial charge in [0.25, 0.3) is 0 Å². The number of furan rings is 2. The Bertz CT molecular complexity index is 4290. The normalized spacial score (nSPS) is 12.3. The molecule has 12 aromatic carbocycles. The van der Waals surface area contributed by atoms with E-state index in [1.165, 1.54) is 43.8 Å². The summed E-state index contributed by atoms with van der Waals surface area (Å²) in [5.41, 5.74) is 17.1. The first-order valence-electron chi connectivity index (χ1n) is 27.4. The minimum absolute atomic E-state index is 0.0849. The van der Waals surface area contributed by atoms with Crippen molar-refractivity contribution in [2.24, 2.45) is 10.8 Å². The summed E-state index contributed by atoms with van der Waals surface area (Å²) in [6.45, 7) is 13.8. The summed E-state index contributed by atoms with van der Waals surface area (Å²) in [5, 5.41) is 11.6. The van der Waals surface area contributed by atoms with Crippen LogP contribution in [0.5, 0.6) is 0 Å². The predicted molar refractivity (Wildman–Crippen MR) is 331 cm³/mol. The van der Waals surface area contributed by atoms with E-state index in [2.05, 4.69) is 282 Å². The summed E-state index contributed by atoms with van der Waals surface area (Å²) in [5.74, 6) is 0. The van der Waals surface area contributed by atoms with Crippen molar-refractivity contribution in [3.63, 3.8) is 0 Å². The number of rotatable bonds is 10. The van der Waals surface area contributed by atoms with E-state index in [1.54, 1.807) is 0 Å². The van der Waals surface area contributed by atoms with Gasteiger partial charge >= 0.3 is 0 Å². The molecular weight excluding hydrogens is 949 g/mol. The number of hydrogen-bond acceptors (Lipinski definition) is 4. The molecule has 14 aromatic rings. The molecule has 78 heavy (non-hydrogen) atoms. The Morgan fingerprint density at radius 3 is 1.06 bits per heavy atom. The fourth-order valence-electron chi connectivity index (χ4n) is 12.4. The maximum absolute atomic E-state index is 7.21. The fraction of sp³-hybridized carbons (Fsp3) is 0.135. The van der Waals surface area contributed by atoms with Gasteiger partial charge in [-0.1, -0.05) is 224 Å². The summed E-state index contributed by atoms with van der Waals surface area (Å²) in [6.07, 6.45) is 1.81. The van der Waals surface area contributed by atoms with Gasteiger partial charge in [0, 0.05) is 43.7 Å². The van der Waals surface area contributed by atoms with Crippen molar-refractivity contribution in [3.05, 3.63) is 242 Å². The third kappa shape index (κ3) is 8.14. The molecule has 0 N–H and O–H groups in total. The van der Waals surface area contributed by atoms with E-state index in [4.69, 9.17) is 8.83 Å². The molecule has 4 heteroatoms. The van der Waals surface area contributed by atoms with Gasteiger partial charge in [-0.25, -0.2) is 0 Å². The van der Waals surface area contributed by atoms with Crippen LogP contribution >= 0.6 is 0 Å². The molecule has 0 amide bonds. The van der Waals surface area contributed by atoms with Crippen molar-refractivity contribution in [1.29, 1.82) is 0 Å². The van der Waals surface area contributed by atoms with Crippen LogP contribution in [0.1, 0.15) is 52.7 Å². The van der Waals surface area contributed by atoms with E-state index in [9.17, 15) is 0 Å². The third-order valence-corrected chi connectivity index (χ3v) is 15.6. The zero-order chi connectivity index (χ0) is 52.9. The minimum Gasteiger partial charge on any atom is -0.454 e. The van der Waals surface area contributed by atoms with E-state index in [0.29, 0.717) is 0 Å². The quantitative estimate of drug-likeness (QED) is 0.128. The van der Waals surface area contributed by atoms with Gasteiger partial charge in [0.05, 0.1) is 22.7 Å². The van der Waals surface area contributed by atoms with Gasteiger partial charge in [-0.2, -0.15) is 0 Å². The molecule has 4 nitrogen and oxygen atoms in total. The highest BCUT2D eigenvalue weighted by molar-refractivity contribution is 6.29. The predicted octanol–water partition coefficient (Wildman–Crippen LogP) is 21.8. The molecule has 2 aromatic heterocycles. The van der Waals surface area contributed by atoms with Gasteiger partial charge in [0.2, 0.25) is 0 Å². The summed E-state index contributed by atoms with van der Waals surface area (Å²) in [7, 11) is 0. The molecule has 0 aliphatic heterocycles. The molecule has 378 valence electrons. The lowest BCUT2D eigenvalue weighted by molar-refractivity contribution is 0.410. The highest BCUT2D eigenvalue weighted by atomic mass is 16.3. The fourth-order valence-corrected chi connectivity index (χ4v) is 12.4. The first-order valence-corrected chi connectivity index (χ1v) is 27.4. The number of fused-ring (bicyclic) bond motifs is 6. The van der Waals surface area contributed by atoms with E-state index < -0.39 is 0 Å². The van der Waals surface area contributed by atoms with Crippen molar-refractivity contribution in [1.82, 2.24) is 0 Å². The number of benzene rings is 12. The number of nitrogens with zero attached hydrogens (tertiary/aromatic N) is 2. The second-order valence-corrected chi connectivity index (χ2v) is 23.7. The lowest BCUT2D eigenvalue weighted by Crippen LogP contribution is -2.12. The summed E-state index contributed by atoms with van der Waals surface area (Å²) < 4.78 is 14.4. The Morgan fingerprint density at radius 2 is 0.654 bits per heavy atom. The van der Waals surface area contributed by atoms with Gasteiger partial charge in [-0.15, -0.1) is 0 Å². The highest BCUT2D eigenvalue weighted by Crippen LogP contribution is 2.51. The molecular formula is C74H60N2O2. The van der Waals surface area contributed by atoms with Gasteiger partial charge < -0.3 is 18.6 Å². The first kappa shape index (κ1) is 47.3. The van der Waals surface area contributed by atoms with Crippen LogP contribution in [-0.4, -0.2) is 0 Å². The van der Waals surface area contributed by atoms with E-state index in [-0.39, 0.29) is 10.8 Å². The van der Waals surface area contributed by atoms with Crippen LogP contribution in [0.4, 0.5) is 34.1 Å². The summed E-state index contributed by atoms with van der Waals surface area (Å²) >= 11 is 0. The van der Waals surface area contributed by atoms with Crippen molar-refractivity contribution in [2.75, 3.05) is 9.80 Å². The zero-order valence-electron chi connectivity index (χ0n) is 45.1. The number of para-hydroxylation sites is 4. The number of hydrogen-bond donors (Lipinski definition) is 0. The molecule has 0 bridgehead atoms. The smallest absolute Gasteiger partial charge is 0.159 e. The summed E-state index contributed by atoms with van der Waals surface area (Å²) in [6, 6.07) is 84.3. The molecule has 0 spiro atoms. The van der Waals surface area contributed by atoms with E-state index in [1.807, 2.05) is 0 Å². The Balaban J connectivity index is 1.02. The van der Waals surface area contributed by atoms with Crippen molar-refractivity contribution < 1.29 is 8.83 Å². The second kappa shape index (κ2) is 18.3. The molecule has 0 saturated carbocycles. The van der Waals surface area contributed by atoms with Crippen LogP contribution in [0.2, 0.25) is 0 Å². The molecule has 2 heterocycles. The minimum atomic E-state index is 0.0849. The molecule has 0 radical (unpaired) electrons. The molecule has 14 rings (SSSR count).